The first-order valence-electron chi connectivity index (χ1n) is 10.4. The van der Waals surface area contributed by atoms with Crippen molar-refractivity contribution in [3.8, 4) is 11.5 Å². The van der Waals surface area contributed by atoms with Crippen LogP contribution in [0.25, 0.3) is 0 Å². The molecule has 4 aliphatic rings. The van der Waals surface area contributed by atoms with Crippen molar-refractivity contribution < 1.29 is 19.6 Å². The third-order valence-electron chi connectivity index (χ3n) is 7.36. The third kappa shape index (κ3) is 3.79. The average molecular weight is 374 g/mol. The highest BCUT2D eigenvalue weighted by atomic mass is 16.5. The maximum atomic E-state index is 10.9. The number of carbonyl (C=O) groups is 1. The maximum Gasteiger partial charge on any atom is 0.255 e. The van der Waals surface area contributed by atoms with Crippen LogP contribution in [0.15, 0.2) is 18.2 Å². The van der Waals surface area contributed by atoms with Gasteiger partial charge in [0.05, 0.1) is 13.2 Å². The van der Waals surface area contributed by atoms with Crippen molar-refractivity contribution in [2.75, 3.05) is 13.7 Å². The smallest absolute Gasteiger partial charge is 0.255 e. The molecule has 148 valence electrons. The first-order valence-corrected chi connectivity index (χ1v) is 10.4. The van der Waals surface area contributed by atoms with Gasteiger partial charge in [0.2, 0.25) is 0 Å². The van der Waals surface area contributed by atoms with E-state index in [2.05, 4.69) is 18.3 Å². The number of amides is 1. The Kier molecular flexibility index (Phi) is 5.06. The number of hydrogen-bond acceptors (Lipinski definition) is 3. The predicted octanol–water partition coefficient (Wildman–Crippen LogP) is 2.23. The standard InChI is InChI=1S/C22H32N2O3/c1-14(22-9-16-5-17(10-22)7-18(6-16)11-22)24-12-15-3-4-19(20(8-15)26-2)27-13-21(23)25/h3-4,8,14,16-18,24H,5-7,9-13H2,1-2H3,(H2,23,25)/p+1/t14-,16?,17?,18?,22?/m1/s1. The Labute approximate surface area is 162 Å². The molecule has 0 unspecified atom stereocenters. The molecule has 4 aliphatic carbocycles. The van der Waals surface area contributed by atoms with E-state index in [-0.39, 0.29) is 6.61 Å². The van der Waals surface area contributed by atoms with E-state index in [1.807, 2.05) is 12.1 Å². The summed E-state index contributed by atoms with van der Waals surface area (Å²) >= 11 is 0. The highest BCUT2D eigenvalue weighted by Gasteiger charge is 2.54. The largest absolute Gasteiger partial charge is 0.493 e. The van der Waals surface area contributed by atoms with E-state index in [0.29, 0.717) is 23.0 Å². The van der Waals surface area contributed by atoms with Crippen LogP contribution in [0.4, 0.5) is 0 Å². The van der Waals surface area contributed by atoms with Gasteiger partial charge in [0.1, 0.15) is 6.54 Å². The molecule has 5 rings (SSSR count). The summed E-state index contributed by atoms with van der Waals surface area (Å²) in [6.07, 6.45) is 8.82. The second-order valence-electron chi connectivity index (χ2n) is 9.25. The molecule has 1 amide bonds. The summed E-state index contributed by atoms with van der Waals surface area (Å²) in [6, 6.07) is 6.60. The molecule has 5 nitrogen and oxygen atoms in total. The summed E-state index contributed by atoms with van der Waals surface area (Å²) in [4.78, 5) is 10.9. The predicted molar refractivity (Wildman–Crippen MR) is 103 cm³/mol. The van der Waals surface area contributed by atoms with Crippen molar-refractivity contribution in [3.05, 3.63) is 23.8 Å². The topological polar surface area (TPSA) is 78.2 Å². The molecule has 27 heavy (non-hydrogen) atoms. The van der Waals surface area contributed by atoms with E-state index in [1.54, 1.807) is 7.11 Å². The summed E-state index contributed by atoms with van der Waals surface area (Å²) in [5.41, 5.74) is 6.93. The van der Waals surface area contributed by atoms with Gasteiger partial charge in [0, 0.05) is 11.0 Å². The summed E-state index contributed by atoms with van der Waals surface area (Å²) in [5, 5.41) is 2.52. The van der Waals surface area contributed by atoms with E-state index >= 15 is 0 Å². The zero-order valence-corrected chi connectivity index (χ0v) is 16.6. The number of ether oxygens (including phenoxy) is 2. The van der Waals surface area contributed by atoms with Gasteiger partial charge < -0.3 is 20.5 Å². The van der Waals surface area contributed by atoms with E-state index in [0.717, 1.165) is 24.3 Å². The normalized spacial score (nSPS) is 32.3. The molecule has 0 spiro atoms. The lowest BCUT2D eigenvalue weighted by atomic mass is 9.48. The Bertz CT molecular complexity index is 668. The highest BCUT2D eigenvalue weighted by molar-refractivity contribution is 5.75. The zero-order chi connectivity index (χ0) is 19.0. The number of rotatable bonds is 8. The van der Waals surface area contributed by atoms with E-state index in [1.165, 1.54) is 44.1 Å². The van der Waals surface area contributed by atoms with Crippen LogP contribution in [-0.4, -0.2) is 25.7 Å². The van der Waals surface area contributed by atoms with Gasteiger partial charge in [0.15, 0.2) is 18.1 Å². The molecule has 4 bridgehead atoms. The second-order valence-corrected chi connectivity index (χ2v) is 9.25. The molecule has 4 N–H and O–H groups in total. The fraction of sp³-hybridized carbons (Fsp3) is 0.682. The third-order valence-corrected chi connectivity index (χ3v) is 7.36. The molecule has 0 heterocycles. The Balaban J connectivity index is 1.39. The number of carbonyl (C=O) groups excluding carboxylic acids is 1. The van der Waals surface area contributed by atoms with Gasteiger partial charge in [-0.1, -0.05) is 0 Å². The van der Waals surface area contributed by atoms with Crippen LogP contribution in [0.3, 0.4) is 0 Å². The van der Waals surface area contributed by atoms with Crippen molar-refractivity contribution in [2.24, 2.45) is 28.9 Å². The van der Waals surface area contributed by atoms with Crippen LogP contribution in [-0.2, 0) is 11.3 Å². The Hall–Kier alpha value is -1.75. The number of quaternary nitrogens is 1. The van der Waals surface area contributed by atoms with Gasteiger partial charge in [-0.25, -0.2) is 0 Å². The number of benzene rings is 1. The molecular weight excluding hydrogens is 340 g/mol. The minimum Gasteiger partial charge on any atom is -0.493 e. The number of primary amides is 1. The summed E-state index contributed by atoms with van der Waals surface area (Å²) in [7, 11) is 1.62. The Morgan fingerprint density at radius 1 is 1.19 bits per heavy atom. The van der Waals surface area contributed by atoms with Gasteiger partial charge in [-0.3, -0.25) is 4.79 Å². The zero-order valence-electron chi connectivity index (χ0n) is 16.6. The molecule has 0 radical (unpaired) electrons. The van der Waals surface area contributed by atoms with Crippen LogP contribution in [0.2, 0.25) is 0 Å². The average Bonchev–Trinajstić information content (AvgIpc) is 2.63. The number of nitrogens with two attached hydrogens (primary N) is 2. The van der Waals surface area contributed by atoms with Gasteiger partial charge in [0.25, 0.3) is 5.91 Å². The Morgan fingerprint density at radius 3 is 2.37 bits per heavy atom. The second kappa shape index (κ2) is 7.34. The van der Waals surface area contributed by atoms with Crippen molar-refractivity contribution in [1.82, 2.24) is 0 Å². The van der Waals surface area contributed by atoms with Crippen molar-refractivity contribution in [1.29, 1.82) is 0 Å². The molecule has 0 aromatic heterocycles. The van der Waals surface area contributed by atoms with Crippen molar-refractivity contribution >= 4 is 5.91 Å². The fourth-order valence-electron chi connectivity index (χ4n) is 6.41. The van der Waals surface area contributed by atoms with Crippen LogP contribution in [0.5, 0.6) is 11.5 Å². The highest BCUT2D eigenvalue weighted by Crippen LogP contribution is 2.60. The SMILES string of the molecule is COc1cc(C[NH2+][C@H](C)C23CC4CC(CC(C4)C2)C3)ccc1OCC(N)=O. The molecule has 1 aromatic carbocycles. The lowest BCUT2D eigenvalue weighted by Crippen LogP contribution is -2.91. The molecule has 1 aromatic rings. The minimum atomic E-state index is -0.487. The van der Waals surface area contributed by atoms with Crippen LogP contribution >= 0.6 is 0 Å². The quantitative estimate of drug-likeness (QED) is 0.733. The van der Waals surface area contributed by atoms with Gasteiger partial charge in [-0.05, 0) is 81.4 Å². The Morgan fingerprint density at radius 2 is 1.81 bits per heavy atom. The first-order chi connectivity index (χ1) is 13.0. The molecule has 4 fully saturated rings. The maximum absolute atomic E-state index is 10.9. The molecule has 0 saturated heterocycles. The fourth-order valence-corrected chi connectivity index (χ4v) is 6.41. The lowest BCUT2D eigenvalue weighted by molar-refractivity contribution is -0.717. The van der Waals surface area contributed by atoms with Gasteiger partial charge in [-0.2, -0.15) is 0 Å². The monoisotopic (exact) mass is 373 g/mol. The van der Waals surface area contributed by atoms with Crippen LogP contribution in [0, 0.1) is 23.2 Å². The number of hydrogen-bond donors (Lipinski definition) is 2. The van der Waals surface area contributed by atoms with Crippen molar-refractivity contribution in [3.63, 3.8) is 0 Å². The first kappa shape index (κ1) is 18.6. The van der Waals surface area contributed by atoms with Gasteiger partial charge >= 0.3 is 0 Å². The molecule has 0 aliphatic heterocycles. The molecule has 1 atom stereocenters. The van der Waals surface area contributed by atoms with Crippen LogP contribution in [0.1, 0.15) is 51.0 Å². The molecular formula is C22H33N2O3+. The van der Waals surface area contributed by atoms with Gasteiger partial charge in [-0.15, -0.1) is 0 Å². The molecule has 4 saturated carbocycles. The van der Waals surface area contributed by atoms with Crippen LogP contribution < -0.4 is 20.5 Å². The summed E-state index contributed by atoms with van der Waals surface area (Å²) in [5.74, 6) is 3.72. The lowest BCUT2D eigenvalue weighted by Gasteiger charge is -2.57. The van der Waals surface area contributed by atoms with E-state index in [9.17, 15) is 4.79 Å². The summed E-state index contributed by atoms with van der Waals surface area (Å²) in [6.45, 7) is 3.25. The minimum absolute atomic E-state index is 0.134. The number of methoxy groups -OCH3 is 1. The van der Waals surface area contributed by atoms with E-state index < -0.39 is 5.91 Å². The van der Waals surface area contributed by atoms with E-state index in [4.69, 9.17) is 15.2 Å². The molecule has 5 heteroatoms. The summed E-state index contributed by atoms with van der Waals surface area (Å²) < 4.78 is 10.9. The van der Waals surface area contributed by atoms with Crippen molar-refractivity contribution in [2.45, 2.75) is 58.0 Å².